The second kappa shape index (κ2) is 7.47. The fourth-order valence-electron chi connectivity index (χ4n) is 2.33. The van der Waals surface area contributed by atoms with Crippen LogP contribution in [0, 0.1) is 11.3 Å². The van der Waals surface area contributed by atoms with Gasteiger partial charge >= 0.3 is 0 Å². The van der Waals surface area contributed by atoms with Crippen LogP contribution in [0.25, 0.3) is 0 Å². The van der Waals surface area contributed by atoms with E-state index in [4.69, 9.17) is 5.26 Å². The molecule has 0 radical (unpaired) electrons. The lowest BCUT2D eigenvalue weighted by molar-refractivity contribution is 0.271. The number of rotatable bonds is 6. The van der Waals surface area contributed by atoms with Gasteiger partial charge in [-0.15, -0.1) is 0 Å². The molecule has 0 N–H and O–H groups in total. The van der Waals surface area contributed by atoms with Crippen LogP contribution in [0.3, 0.4) is 0 Å². The van der Waals surface area contributed by atoms with E-state index in [0.29, 0.717) is 6.42 Å². The summed E-state index contributed by atoms with van der Waals surface area (Å²) in [5.41, 5.74) is 3.72. The van der Waals surface area contributed by atoms with Crippen molar-refractivity contribution in [2.24, 2.45) is 0 Å². The Kier molecular flexibility index (Phi) is 5.34. The lowest BCUT2D eigenvalue weighted by Crippen LogP contribution is -2.22. The molecule has 0 bridgehead atoms. The quantitative estimate of drug-likeness (QED) is 0.794. The van der Waals surface area contributed by atoms with Crippen molar-refractivity contribution < 1.29 is 0 Å². The zero-order chi connectivity index (χ0) is 14.2. The number of benzene rings is 2. The van der Waals surface area contributed by atoms with Crippen LogP contribution < -0.4 is 0 Å². The Morgan fingerprint density at radius 1 is 0.900 bits per heavy atom. The summed E-state index contributed by atoms with van der Waals surface area (Å²) in [6, 6.07) is 21.0. The number of nitriles is 1. The molecule has 0 heterocycles. The first-order valence-electron chi connectivity index (χ1n) is 7.03. The molecule has 0 aliphatic heterocycles. The van der Waals surface area contributed by atoms with Crippen LogP contribution in [0.15, 0.2) is 54.6 Å². The minimum Gasteiger partial charge on any atom is -0.295 e. The average Bonchev–Trinajstić information content (AvgIpc) is 2.50. The Balaban J connectivity index is 2.09. The van der Waals surface area contributed by atoms with Crippen molar-refractivity contribution in [3.05, 3.63) is 71.3 Å². The van der Waals surface area contributed by atoms with Crippen LogP contribution in [0.2, 0.25) is 0 Å². The molecule has 0 aromatic heterocycles. The Hall–Kier alpha value is -2.11. The maximum absolute atomic E-state index is 8.91. The van der Waals surface area contributed by atoms with Gasteiger partial charge < -0.3 is 0 Å². The lowest BCUT2D eigenvalue weighted by atomic mass is 10.0. The highest BCUT2D eigenvalue weighted by atomic mass is 15.1. The van der Waals surface area contributed by atoms with Gasteiger partial charge in [-0.2, -0.15) is 5.26 Å². The van der Waals surface area contributed by atoms with E-state index in [0.717, 1.165) is 25.2 Å². The monoisotopic (exact) mass is 264 g/mol. The molecule has 0 saturated heterocycles. The van der Waals surface area contributed by atoms with Crippen molar-refractivity contribution in [1.29, 1.82) is 5.26 Å². The number of nitrogens with zero attached hydrogens (tertiary/aromatic N) is 2. The summed E-state index contributed by atoms with van der Waals surface area (Å²) in [4.78, 5) is 2.39. The van der Waals surface area contributed by atoms with Gasteiger partial charge in [-0.25, -0.2) is 0 Å². The van der Waals surface area contributed by atoms with Crippen molar-refractivity contribution in [3.63, 3.8) is 0 Å². The van der Waals surface area contributed by atoms with Gasteiger partial charge in [-0.3, -0.25) is 4.90 Å². The van der Waals surface area contributed by atoms with Crippen molar-refractivity contribution in [3.8, 4) is 6.07 Å². The van der Waals surface area contributed by atoms with Crippen molar-refractivity contribution in [1.82, 2.24) is 4.90 Å². The Morgan fingerprint density at radius 3 is 2.20 bits per heavy atom. The van der Waals surface area contributed by atoms with Gasteiger partial charge in [0.2, 0.25) is 0 Å². The van der Waals surface area contributed by atoms with E-state index in [-0.39, 0.29) is 0 Å². The summed E-state index contributed by atoms with van der Waals surface area (Å²) >= 11 is 0. The minimum atomic E-state index is 0.485. The normalized spacial score (nSPS) is 10.4. The van der Waals surface area contributed by atoms with Crippen molar-refractivity contribution in [2.75, 3.05) is 6.54 Å². The number of hydrogen-bond acceptors (Lipinski definition) is 2. The highest BCUT2D eigenvalue weighted by molar-refractivity contribution is 5.29. The fourth-order valence-corrected chi connectivity index (χ4v) is 2.33. The first-order chi connectivity index (χ1) is 9.83. The topological polar surface area (TPSA) is 27.0 Å². The average molecular weight is 264 g/mol. The van der Waals surface area contributed by atoms with Gasteiger partial charge in [0.1, 0.15) is 0 Å². The van der Waals surface area contributed by atoms with E-state index in [1.54, 1.807) is 0 Å². The van der Waals surface area contributed by atoms with E-state index >= 15 is 0 Å². The smallest absolute Gasteiger partial charge is 0.0669 e. The van der Waals surface area contributed by atoms with E-state index < -0.39 is 0 Å². The largest absolute Gasteiger partial charge is 0.295 e. The van der Waals surface area contributed by atoms with Gasteiger partial charge in [0, 0.05) is 13.1 Å². The number of hydrogen-bond donors (Lipinski definition) is 0. The van der Waals surface area contributed by atoms with Crippen molar-refractivity contribution >= 4 is 0 Å². The molecule has 2 nitrogen and oxygen atoms in total. The molecule has 2 aromatic carbocycles. The molecule has 102 valence electrons. The van der Waals surface area contributed by atoms with E-state index in [2.05, 4.69) is 54.3 Å². The Labute approximate surface area is 121 Å². The molecule has 0 aliphatic rings. The predicted octanol–water partition coefficient (Wildman–Crippen LogP) is 3.77. The van der Waals surface area contributed by atoms with Crippen LogP contribution in [0.4, 0.5) is 0 Å². The van der Waals surface area contributed by atoms with Crippen LogP contribution in [0.5, 0.6) is 0 Å². The third-order valence-corrected chi connectivity index (χ3v) is 3.48. The predicted molar refractivity (Wildman–Crippen MR) is 82.0 cm³/mol. The lowest BCUT2D eigenvalue weighted by Gasteiger charge is -2.21. The van der Waals surface area contributed by atoms with Crippen molar-refractivity contribution in [2.45, 2.75) is 26.4 Å². The zero-order valence-electron chi connectivity index (χ0n) is 11.9. The maximum Gasteiger partial charge on any atom is 0.0669 e. The van der Waals surface area contributed by atoms with Crippen LogP contribution in [-0.2, 0) is 19.5 Å². The second-order valence-corrected chi connectivity index (χ2v) is 4.89. The molecular weight excluding hydrogens is 244 g/mol. The summed E-state index contributed by atoms with van der Waals surface area (Å²) in [5, 5.41) is 8.91. The molecule has 2 heteroatoms. The minimum absolute atomic E-state index is 0.485. The molecule has 0 amide bonds. The first-order valence-corrected chi connectivity index (χ1v) is 7.03. The molecular formula is C18H20N2. The summed E-state index contributed by atoms with van der Waals surface area (Å²) in [5.74, 6) is 0. The third-order valence-electron chi connectivity index (χ3n) is 3.48. The molecule has 0 atom stereocenters. The molecule has 0 unspecified atom stereocenters. The first kappa shape index (κ1) is 14.3. The standard InChI is InChI=1S/C18H20N2/c1-2-20(14-16-8-4-3-5-9-16)15-18-11-7-6-10-17(18)12-13-19/h3-11H,2,12,14-15H2,1H3. The Bertz CT molecular complexity index is 569. The molecule has 0 fully saturated rings. The van der Waals surface area contributed by atoms with Gasteiger partial charge in [0.25, 0.3) is 0 Å². The SMILES string of the molecule is CCN(Cc1ccccc1)Cc1ccccc1CC#N. The second-order valence-electron chi connectivity index (χ2n) is 4.89. The third kappa shape index (κ3) is 3.94. The molecule has 2 rings (SSSR count). The summed E-state index contributed by atoms with van der Waals surface area (Å²) in [6.07, 6.45) is 0.485. The molecule has 0 saturated carbocycles. The molecule has 20 heavy (non-hydrogen) atoms. The van der Waals surface area contributed by atoms with Crippen LogP contribution >= 0.6 is 0 Å². The van der Waals surface area contributed by atoms with E-state index in [1.165, 1.54) is 11.1 Å². The molecule has 0 aliphatic carbocycles. The summed E-state index contributed by atoms with van der Waals surface area (Å²) < 4.78 is 0. The zero-order valence-corrected chi connectivity index (χ0v) is 11.9. The van der Waals surface area contributed by atoms with Gasteiger partial charge in [0.05, 0.1) is 12.5 Å². The van der Waals surface area contributed by atoms with Crippen LogP contribution in [0.1, 0.15) is 23.6 Å². The highest BCUT2D eigenvalue weighted by Gasteiger charge is 2.08. The molecule has 2 aromatic rings. The fraction of sp³-hybridized carbons (Fsp3) is 0.278. The van der Waals surface area contributed by atoms with Gasteiger partial charge in [-0.05, 0) is 23.2 Å². The van der Waals surface area contributed by atoms with E-state index in [1.807, 2.05) is 18.2 Å². The Morgan fingerprint density at radius 2 is 1.55 bits per heavy atom. The van der Waals surface area contributed by atoms with Gasteiger partial charge in [0.15, 0.2) is 0 Å². The van der Waals surface area contributed by atoms with Gasteiger partial charge in [-0.1, -0.05) is 61.5 Å². The van der Waals surface area contributed by atoms with E-state index in [9.17, 15) is 0 Å². The highest BCUT2D eigenvalue weighted by Crippen LogP contribution is 2.14. The molecule has 0 spiro atoms. The maximum atomic E-state index is 8.91. The summed E-state index contributed by atoms with van der Waals surface area (Å²) in [7, 11) is 0. The van der Waals surface area contributed by atoms with Crippen LogP contribution in [-0.4, -0.2) is 11.4 Å². The summed E-state index contributed by atoms with van der Waals surface area (Å²) in [6.45, 7) is 5.01.